The number of nitrogens with one attached hydrogen (secondary N) is 2. The number of hydrogen-bond donors (Lipinski definition) is 2. The third kappa shape index (κ3) is 2.32. The lowest BCUT2D eigenvalue weighted by molar-refractivity contribution is 0.0952. The summed E-state index contributed by atoms with van der Waals surface area (Å²) in [6.07, 6.45) is 0. The lowest BCUT2D eigenvalue weighted by Gasteiger charge is -2.17. The number of rotatable bonds is 1. The Morgan fingerprint density at radius 1 is 1.00 bits per heavy atom. The van der Waals surface area contributed by atoms with Crippen LogP contribution in [0.15, 0.2) is 36.4 Å². The normalized spacial score (nSPS) is 23.0. The molecule has 2 aliphatic rings. The topological polar surface area (TPSA) is 41.1 Å². The summed E-state index contributed by atoms with van der Waals surface area (Å²) >= 11 is 0. The molecule has 0 saturated carbocycles. The van der Waals surface area contributed by atoms with Crippen LogP contribution in [0.3, 0.4) is 0 Å². The summed E-state index contributed by atoms with van der Waals surface area (Å²) in [6.45, 7) is 2.31. The van der Waals surface area contributed by atoms with E-state index in [9.17, 15) is 13.6 Å². The standard InChI is InChI=1S/C18H16F2N2O/c19-15-2-1-3-16(20)17(15)10-4-5-12-13(6-10)18(23)22-8-11-7-21-9-14(11)12/h1-6,11,14,21H,7-9H2,(H,22,23). The molecule has 23 heavy (non-hydrogen) atoms. The number of fused-ring (bicyclic) bond motifs is 3. The van der Waals surface area contributed by atoms with E-state index < -0.39 is 11.6 Å². The second-order valence-corrected chi connectivity index (χ2v) is 6.13. The summed E-state index contributed by atoms with van der Waals surface area (Å²) < 4.78 is 28.0. The molecule has 0 radical (unpaired) electrons. The van der Waals surface area contributed by atoms with E-state index in [-0.39, 0.29) is 17.4 Å². The average molecular weight is 314 g/mol. The first-order valence-electron chi connectivity index (χ1n) is 7.72. The fourth-order valence-corrected chi connectivity index (χ4v) is 3.64. The van der Waals surface area contributed by atoms with Gasteiger partial charge in [0.05, 0.1) is 5.56 Å². The van der Waals surface area contributed by atoms with Crippen molar-refractivity contribution in [1.82, 2.24) is 10.6 Å². The minimum absolute atomic E-state index is 0.0894. The molecule has 118 valence electrons. The predicted octanol–water partition coefficient (Wildman–Crippen LogP) is 2.68. The average Bonchev–Trinajstić information content (AvgIpc) is 2.96. The van der Waals surface area contributed by atoms with Gasteiger partial charge in [-0.25, -0.2) is 8.78 Å². The summed E-state index contributed by atoms with van der Waals surface area (Å²) in [5, 5.41) is 6.25. The van der Waals surface area contributed by atoms with Gasteiger partial charge in [0.1, 0.15) is 11.6 Å². The lowest BCUT2D eigenvalue weighted by Crippen LogP contribution is -2.28. The molecule has 0 bridgehead atoms. The molecule has 1 saturated heterocycles. The maximum absolute atomic E-state index is 14.0. The SMILES string of the molecule is O=C1NCC2CNCC2c2ccc(-c3c(F)cccc3F)cc21. The monoisotopic (exact) mass is 314 g/mol. The molecule has 2 atom stereocenters. The van der Waals surface area contributed by atoms with Crippen LogP contribution in [0.5, 0.6) is 0 Å². The molecule has 4 rings (SSSR count). The second kappa shape index (κ2) is 5.42. The quantitative estimate of drug-likeness (QED) is 0.850. The Bertz CT molecular complexity index is 770. The van der Waals surface area contributed by atoms with Crippen molar-refractivity contribution in [3.8, 4) is 11.1 Å². The highest BCUT2D eigenvalue weighted by Gasteiger charge is 2.34. The zero-order chi connectivity index (χ0) is 16.0. The van der Waals surface area contributed by atoms with Crippen LogP contribution >= 0.6 is 0 Å². The van der Waals surface area contributed by atoms with Crippen LogP contribution < -0.4 is 10.6 Å². The van der Waals surface area contributed by atoms with Gasteiger partial charge in [-0.3, -0.25) is 4.79 Å². The van der Waals surface area contributed by atoms with Crippen LogP contribution in [-0.4, -0.2) is 25.5 Å². The van der Waals surface area contributed by atoms with Crippen LogP contribution in [0.25, 0.3) is 11.1 Å². The molecule has 2 aliphatic heterocycles. The Morgan fingerprint density at radius 3 is 2.57 bits per heavy atom. The van der Waals surface area contributed by atoms with Gasteiger partial charge >= 0.3 is 0 Å². The Labute approximate surface area is 132 Å². The fraction of sp³-hybridized carbons (Fsp3) is 0.278. The van der Waals surface area contributed by atoms with Crippen LogP contribution in [-0.2, 0) is 0 Å². The molecule has 2 aromatic carbocycles. The number of amides is 1. The fourth-order valence-electron chi connectivity index (χ4n) is 3.64. The van der Waals surface area contributed by atoms with Gasteiger partial charge < -0.3 is 10.6 Å². The van der Waals surface area contributed by atoms with Gasteiger partial charge in [0.2, 0.25) is 0 Å². The molecule has 0 aliphatic carbocycles. The zero-order valence-electron chi connectivity index (χ0n) is 12.4. The van der Waals surface area contributed by atoms with Crippen molar-refractivity contribution >= 4 is 5.91 Å². The highest BCUT2D eigenvalue weighted by atomic mass is 19.1. The van der Waals surface area contributed by atoms with Gasteiger partial charge in [-0.1, -0.05) is 18.2 Å². The van der Waals surface area contributed by atoms with Crippen LogP contribution in [0.1, 0.15) is 21.8 Å². The van der Waals surface area contributed by atoms with E-state index in [1.54, 1.807) is 12.1 Å². The van der Waals surface area contributed by atoms with Crippen molar-refractivity contribution in [1.29, 1.82) is 0 Å². The molecule has 0 aromatic heterocycles. The van der Waals surface area contributed by atoms with Gasteiger partial charge in [0.15, 0.2) is 0 Å². The summed E-state index contributed by atoms with van der Waals surface area (Å²) in [6, 6.07) is 8.93. The second-order valence-electron chi connectivity index (χ2n) is 6.13. The summed E-state index contributed by atoms with van der Waals surface area (Å²) in [4.78, 5) is 12.4. The summed E-state index contributed by atoms with van der Waals surface area (Å²) in [5.74, 6) is -0.813. The Hall–Kier alpha value is -2.27. The first-order chi connectivity index (χ1) is 11.1. The minimum Gasteiger partial charge on any atom is -0.352 e. The van der Waals surface area contributed by atoms with Gasteiger partial charge in [0, 0.05) is 31.1 Å². The maximum atomic E-state index is 14.0. The zero-order valence-corrected chi connectivity index (χ0v) is 12.4. The molecular weight excluding hydrogens is 298 g/mol. The van der Waals surface area contributed by atoms with E-state index in [1.807, 2.05) is 6.07 Å². The van der Waals surface area contributed by atoms with Gasteiger partial charge in [0.25, 0.3) is 5.91 Å². The molecule has 2 unspecified atom stereocenters. The number of hydrogen-bond acceptors (Lipinski definition) is 2. The van der Waals surface area contributed by atoms with Crippen molar-refractivity contribution in [2.24, 2.45) is 5.92 Å². The Kier molecular flexibility index (Phi) is 3.38. The Balaban J connectivity index is 1.86. The number of benzene rings is 2. The van der Waals surface area contributed by atoms with Crippen molar-refractivity contribution in [2.45, 2.75) is 5.92 Å². The molecular formula is C18H16F2N2O. The largest absolute Gasteiger partial charge is 0.352 e. The van der Waals surface area contributed by atoms with Crippen LogP contribution in [0.4, 0.5) is 8.78 Å². The summed E-state index contributed by atoms with van der Waals surface area (Å²) in [5.41, 5.74) is 1.77. The van der Waals surface area contributed by atoms with Crippen molar-refractivity contribution < 1.29 is 13.6 Å². The number of carbonyl (C=O) groups excluding carboxylic acids is 1. The maximum Gasteiger partial charge on any atom is 0.251 e. The lowest BCUT2D eigenvalue weighted by atomic mass is 9.86. The molecule has 2 heterocycles. The summed E-state index contributed by atoms with van der Waals surface area (Å²) in [7, 11) is 0. The van der Waals surface area contributed by atoms with Gasteiger partial charge in [-0.2, -0.15) is 0 Å². The minimum atomic E-state index is -0.626. The smallest absolute Gasteiger partial charge is 0.251 e. The van der Waals surface area contributed by atoms with E-state index in [4.69, 9.17) is 0 Å². The van der Waals surface area contributed by atoms with E-state index >= 15 is 0 Å². The van der Waals surface area contributed by atoms with Crippen LogP contribution in [0.2, 0.25) is 0 Å². The van der Waals surface area contributed by atoms with Crippen LogP contribution in [0, 0.1) is 17.6 Å². The first kappa shape index (κ1) is 14.3. The van der Waals surface area contributed by atoms with Crippen molar-refractivity contribution in [3.05, 3.63) is 59.2 Å². The van der Waals surface area contributed by atoms with Gasteiger partial charge in [-0.05, 0) is 35.2 Å². The van der Waals surface area contributed by atoms with Gasteiger partial charge in [-0.15, -0.1) is 0 Å². The van der Waals surface area contributed by atoms with E-state index in [2.05, 4.69) is 10.6 Å². The highest BCUT2D eigenvalue weighted by Crippen LogP contribution is 2.35. The first-order valence-corrected chi connectivity index (χ1v) is 7.72. The third-order valence-electron chi connectivity index (χ3n) is 4.81. The highest BCUT2D eigenvalue weighted by molar-refractivity contribution is 5.97. The molecule has 2 aromatic rings. The molecule has 5 heteroatoms. The van der Waals surface area contributed by atoms with E-state index in [1.165, 1.54) is 18.2 Å². The molecule has 2 N–H and O–H groups in total. The number of halogens is 2. The van der Waals surface area contributed by atoms with Crippen molar-refractivity contribution in [3.63, 3.8) is 0 Å². The predicted molar refractivity (Wildman–Crippen MR) is 83.2 cm³/mol. The molecule has 1 amide bonds. The molecule has 0 spiro atoms. The molecule has 1 fully saturated rings. The third-order valence-corrected chi connectivity index (χ3v) is 4.81. The molecule has 3 nitrogen and oxygen atoms in total. The van der Waals surface area contributed by atoms with E-state index in [0.717, 1.165) is 18.7 Å². The Morgan fingerprint density at radius 2 is 1.78 bits per heavy atom. The van der Waals surface area contributed by atoms with Crippen molar-refractivity contribution in [2.75, 3.05) is 19.6 Å². The number of carbonyl (C=O) groups is 1. The van der Waals surface area contributed by atoms with E-state index in [0.29, 0.717) is 23.6 Å².